The summed E-state index contributed by atoms with van der Waals surface area (Å²) in [7, 11) is 0. The van der Waals surface area contributed by atoms with Gasteiger partial charge in [-0.25, -0.2) is 15.0 Å². The van der Waals surface area contributed by atoms with E-state index in [9.17, 15) is 0 Å². The summed E-state index contributed by atoms with van der Waals surface area (Å²) in [5, 5.41) is 1.11. The van der Waals surface area contributed by atoms with E-state index in [1.54, 1.807) is 0 Å². The molecule has 0 spiro atoms. The van der Waals surface area contributed by atoms with Gasteiger partial charge in [0.05, 0.1) is 10.9 Å². The van der Waals surface area contributed by atoms with Gasteiger partial charge in [-0.15, -0.1) is 0 Å². The predicted octanol–water partition coefficient (Wildman–Crippen LogP) is 13.2. The number of pyridine rings is 1. The van der Waals surface area contributed by atoms with Crippen molar-refractivity contribution < 1.29 is 4.74 Å². The average Bonchev–Trinajstić information content (AvgIpc) is 3.33. The molecule has 1 aliphatic heterocycles. The van der Waals surface area contributed by atoms with Gasteiger partial charge in [-0.05, 0) is 58.1 Å². The van der Waals surface area contributed by atoms with Crippen LogP contribution in [0.1, 0.15) is 22.3 Å². The van der Waals surface area contributed by atoms with Crippen LogP contribution < -0.4 is 4.74 Å². The van der Waals surface area contributed by atoms with E-state index in [4.69, 9.17) is 24.7 Å². The normalized spacial score (nSPS) is 12.6. The first-order valence-electron chi connectivity index (χ1n) is 20.1. The van der Waals surface area contributed by atoms with Crippen molar-refractivity contribution in [3.05, 3.63) is 241 Å². The third kappa shape index (κ3) is 6.03. The van der Waals surface area contributed by atoms with E-state index in [2.05, 4.69) is 133 Å². The topological polar surface area (TPSA) is 60.8 Å². The Morgan fingerprint density at radius 2 is 0.817 bits per heavy atom. The second-order valence-electron chi connectivity index (χ2n) is 15.0. The Kier molecular flexibility index (Phi) is 8.63. The summed E-state index contributed by atoms with van der Waals surface area (Å²) < 4.78 is 6.67. The fourth-order valence-electron chi connectivity index (χ4n) is 8.72. The molecule has 0 saturated heterocycles. The molecule has 1 aliphatic rings. The number of nitrogens with zero attached hydrogens (tertiary/aromatic N) is 4. The van der Waals surface area contributed by atoms with Gasteiger partial charge in [0.15, 0.2) is 17.5 Å². The molecule has 282 valence electrons. The average molecular weight is 769 g/mol. The molecule has 0 radical (unpaired) electrons. The van der Waals surface area contributed by atoms with Crippen LogP contribution in [0.25, 0.3) is 67.3 Å². The molecule has 2 aromatic heterocycles. The van der Waals surface area contributed by atoms with Crippen LogP contribution in [-0.2, 0) is 5.41 Å². The minimum Gasteiger partial charge on any atom is -0.457 e. The van der Waals surface area contributed by atoms with E-state index in [0.29, 0.717) is 17.5 Å². The maximum absolute atomic E-state index is 6.67. The third-order valence-electron chi connectivity index (χ3n) is 11.5. The lowest BCUT2D eigenvalue weighted by molar-refractivity contribution is 0.434. The van der Waals surface area contributed by atoms with Crippen LogP contribution >= 0.6 is 0 Å². The minimum absolute atomic E-state index is 0.624. The number of hydrogen-bond donors (Lipinski definition) is 0. The van der Waals surface area contributed by atoms with Crippen molar-refractivity contribution in [2.75, 3.05) is 0 Å². The summed E-state index contributed by atoms with van der Waals surface area (Å²) in [6.45, 7) is 0. The number of benzene rings is 8. The molecule has 0 atom stereocenters. The largest absolute Gasteiger partial charge is 0.457 e. The molecule has 3 heterocycles. The van der Waals surface area contributed by atoms with E-state index in [1.165, 1.54) is 0 Å². The Hall–Kier alpha value is -8.02. The highest BCUT2D eigenvalue weighted by Crippen LogP contribution is 2.56. The molecule has 5 heteroatoms. The Morgan fingerprint density at radius 1 is 0.350 bits per heavy atom. The molecule has 0 saturated carbocycles. The van der Waals surface area contributed by atoms with Crippen molar-refractivity contribution in [3.63, 3.8) is 0 Å². The van der Waals surface area contributed by atoms with Gasteiger partial charge in [-0.3, -0.25) is 4.98 Å². The Labute approximate surface area is 348 Å². The molecular formula is C55H36N4O. The fourth-order valence-corrected chi connectivity index (χ4v) is 8.72. The summed E-state index contributed by atoms with van der Waals surface area (Å²) in [5.74, 6) is 3.58. The van der Waals surface area contributed by atoms with E-state index in [-0.39, 0.29) is 0 Å². The summed E-state index contributed by atoms with van der Waals surface area (Å²) >= 11 is 0. The standard InChI is InChI=1S/C55H36N4O/c1-3-15-39(16-4-1)52-57-53(40-17-5-2-6-18-40)59-54(58-52)41-32-30-37(31-33-41)42-20-11-23-44(35-42)55(47-26-7-9-28-49(47)60-50-29-10-8-27-48(50)55)45-24-12-21-43(36-45)46-25-13-19-38-22-14-34-56-51(38)46/h1-36H. The second-order valence-corrected chi connectivity index (χ2v) is 15.0. The van der Waals surface area contributed by atoms with Crippen molar-refractivity contribution >= 4 is 10.9 Å². The van der Waals surface area contributed by atoms with Gasteiger partial charge >= 0.3 is 0 Å². The molecule has 5 nitrogen and oxygen atoms in total. The quantitative estimate of drug-likeness (QED) is 0.162. The molecule has 11 rings (SSSR count). The Morgan fingerprint density at radius 3 is 1.43 bits per heavy atom. The van der Waals surface area contributed by atoms with Crippen molar-refractivity contribution in [1.82, 2.24) is 19.9 Å². The monoisotopic (exact) mass is 768 g/mol. The highest BCUT2D eigenvalue weighted by atomic mass is 16.5. The zero-order chi connectivity index (χ0) is 39.9. The van der Waals surface area contributed by atoms with Crippen molar-refractivity contribution in [2.24, 2.45) is 0 Å². The van der Waals surface area contributed by atoms with Crippen LogP contribution in [0.2, 0.25) is 0 Å². The van der Waals surface area contributed by atoms with Crippen LogP contribution in [0, 0.1) is 0 Å². The third-order valence-corrected chi connectivity index (χ3v) is 11.5. The SMILES string of the molecule is c1ccc(-c2nc(-c3ccccc3)nc(-c3ccc(-c4cccc(C5(c6cccc(-c7cccc8cccnc78)c6)c6ccccc6Oc6ccccc65)c4)cc3)n2)cc1. The van der Waals surface area contributed by atoms with Crippen molar-refractivity contribution in [3.8, 4) is 67.9 Å². The second kappa shape index (κ2) is 14.7. The summed E-state index contributed by atoms with van der Waals surface area (Å²) in [6.07, 6.45) is 1.87. The molecule has 0 N–H and O–H groups in total. The van der Waals surface area contributed by atoms with Crippen LogP contribution in [0.5, 0.6) is 11.5 Å². The molecule has 10 aromatic rings. The maximum Gasteiger partial charge on any atom is 0.164 e. The Bertz CT molecular complexity index is 3070. The van der Waals surface area contributed by atoms with Crippen molar-refractivity contribution in [1.29, 1.82) is 0 Å². The zero-order valence-electron chi connectivity index (χ0n) is 32.5. The first kappa shape index (κ1) is 35.2. The van der Waals surface area contributed by atoms with E-state index in [1.807, 2.05) is 85.1 Å². The lowest BCUT2D eigenvalue weighted by Crippen LogP contribution is -2.34. The molecule has 0 amide bonds. The van der Waals surface area contributed by atoms with Gasteiger partial charge in [0.2, 0.25) is 0 Å². The summed E-state index contributed by atoms with van der Waals surface area (Å²) in [6, 6.07) is 74.0. The summed E-state index contributed by atoms with van der Waals surface area (Å²) in [5.41, 5.74) is 11.9. The lowest BCUT2D eigenvalue weighted by atomic mass is 9.63. The van der Waals surface area contributed by atoms with Gasteiger partial charge in [-0.1, -0.05) is 182 Å². The lowest BCUT2D eigenvalue weighted by Gasteiger charge is -2.41. The molecule has 0 unspecified atom stereocenters. The van der Waals surface area contributed by atoms with E-state index < -0.39 is 5.41 Å². The van der Waals surface area contributed by atoms with Crippen molar-refractivity contribution in [2.45, 2.75) is 5.41 Å². The first-order valence-corrected chi connectivity index (χ1v) is 20.1. The minimum atomic E-state index is -0.706. The molecule has 0 aliphatic carbocycles. The number of rotatable bonds is 7. The molecule has 60 heavy (non-hydrogen) atoms. The highest BCUT2D eigenvalue weighted by Gasteiger charge is 2.45. The number of hydrogen-bond acceptors (Lipinski definition) is 5. The van der Waals surface area contributed by atoms with E-state index in [0.717, 1.165) is 83.6 Å². The van der Waals surface area contributed by atoms with Gasteiger partial charge in [0.25, 0.3) is 0 Å². The van der Waals surface area contributed by atoms with Gasteiger partial charge in [-0.2, -0.15) is 0 Å². The zero-order valence-corrected chi connectivity index (χ0v) is 32.5. The fraction of sp³-hybridized carbons (Fsp3) is 0.0182. The highest BCUT2D eigenvalue weighted by molar-refractivity contribution is 5.94. The number of fused-ring (bicyclic) bond motifs is 3. The number of aromatic nitrogens is 4. The van der Waals surface area contributed by atoms with Gasteiger partial charge < -0.3 is 4.74 Å². The summed E-state index contributed by atoms with van der Waals surface area (Å²) in [4.78, 5) is 19.6. The van der Waals surface area contributed by atoms with Gasteiger partial charge in [0, 0.05) is 45.0 Å². The van der Waals surface area contributed by atoms with Crippen LogP contribution in [0.4, 0.5) is 0 Å². The number of ether oxygens (including phenoxy) is 1. The van der Waals surface area contributed by atoms with Crippen LogP contribution in [0.15, 0.2) is 219 Å². The molecule has 0 fully saturated rings. The maximum atomic E-state index is 6.67. The first-order chi connectivity index (χ1) is 29.7. The molecule has 8 aromatic carbocycles. The smallest absolute Gasteiger partial charge is 0.164 e. The predicted molar refractivity (Wildman–Crippen MR) is 241 cm³/mol. The van der Waals surface area contributed by atoms with E-state index >= 15 is 0 Å². The molecule has 0 bridgehead atoms. The Balaban J connectivity index is 1.06. The molecular weight excluding hydrogens is 733 g/mol. The number of para-hydroxylation sites is 3. The van der Waals surface area contributed by atoms with Gasteiger partial charge in [0.1, 0.15) is 11.5 Å². The van der Waals surface area contributed by atoms with Crippen LogP contribution in [-0.4, -0.2) is 19.9 Å². The van der Waals surface area contributed by atoms with Crippen LogP contribution in [0.3, 0.4) is 0 Å².